The molecule has 0 heterocycles. The first kappa shape index (κ1) is 11.4. The second kappa shape index (κ2) is 8.51. The van der Waals surface area contributed by atoms with Crippen molar-refractivity contribution < 1.29 is 9.47 Å². The lowest BCUT2D eigenvalue weighted by Crippen LogP contribution is -2.17. The molecule has 3 nitrogen and oxygen atoms in total. The minimum atomic E-state index is -0.324. The highest BCUT2D eigenvalue weighted by molar-refractivity contribution is 4.71. The summed E-state index contributed by atoms with van der Waals surface area (Å²) >= 11 is 0. The van der Waals surface area contributed by atoms with Crippen molar-refractivity contribution in [3.63, 3.8) is 0 Å². The molecule has 0 aliphatic carbocycles. The summed E-state index contributed by atoms with van der Waals surface area (Å²) in [5.41, 5.74) is 0. The van der Waals surface area contributed by atoms with E-state index >= 15 is 0 Å². The Bertz CT molecular complexity index is 123. The largest absolute Gasteiger partial charge is 0.352 e. The molecule has 0 N–H and O–H groups in total. The zero-order chi connectivity index (χ0) is 9.23. The molecule has 0 aromatic heterocycles. The van der Waals surface area contributed by atoms with E-state index in [0.717, 1.165) is 12.8 Å². The van der Waals surface area contributed by atoms with Crippen LogP contribution in [0.25, 0.3) is 0 Å². The Morgan fingerprint density at radius 2 is 1.67 bits per heavy atom. The van der Waals surface area contributed by atoms with Gasteiger partial charge in [-0.15, -0.1) is 0 Å². The van der Waals surface area contributed by atoms with Crippen LogP contribution in [0.3, 0.4) is 0 Å². The van der Waals surface area contributed by atoms with Crippen LogP contribution >= 0.6 is 0 Å². The predicted molar refractivity (Wildman–Crippen MR) is 46.5 cm³/mol. The number of nitrogens with zero attached hydrogens (tertiary/aromatic N) is 1. The second-order valence-corrected chi connectivity index (χ2v) is 2.53. The van der Waals surface area contributed by atoms with Gasteiger partial charge < -0.3 is 9.47 Å². The van der Waals surface area contributed by atoms with E-state index in [1.165, 1.54) is 0 Å². The Morgan fingerprint density at radius 1 is 1.17 bits per heavy atom. The first-order chi connectivity index (χ1) is 5.85. The number of rotatable bonds is 7. The topological polar surface area (TPSA) is 42.2 Å². The van der Waals surface area contributed by atoms with Crippen molar-refractivity contribution in [1.82, 2.24) is 0 Å². The summed E-state index contributed by atoms with van der Waals surface area (Å²) in [7, 11) is 0. The highest BCUT2D eigenvalue weighted by atomic mass is 16.7. The molecule has 12 heavy (non-hydrogen) atoms. The van der Waals surface area contributed by atoms with Crippen LogP contribution in [-0.4, -0.2) is 19.5 Å². The molecular formula is C9H17NO2. The first-order valence-electron chi connectivity index (χ1n) is 4.45. The number of hydrogen-bond acceptors (Lipinski definition) is 3. The highest BCUT2D eigenvalue weighted by Crippen LogP contribution is 2.01. The van der Waals surface area contributed by atoms with Gasteiger partial charge >= 0.3 is 0 Å². The lowest BCUT2D eigenvalue weighted by molar-refractivity contribution is -0.138. The molecule has 0 unspecified atom stereocenters. The smallest absolute Gasteiger partial charge is 0.170 e. The maximum absolute atomic E-state index is 8.43. The maximum atomic E-state index is 8.43. The molecule has 0 atom stereocenters. The van der Waals surface area contributed by atoms with Crippen molar-refractivity contribution in [2.45, 2.75) is 39.4 Å². The Balaban J connectivity index is 3.48. The van der Waals surface area contributed by atoms with E-state index in [9.17, 15) is 0 Å². The van der Waals surface area contributed by atoms with Gasteiger partial charge in [0.2, 0.25) is 0 Å². The average Bonchev–Trinajstić information content (AvgIpc) is 2.10. The van der Waals surface area contributed by atoms with E-state index in [1.54, 1.807) is 0 Å². The minimum absolute atomic E-state index is 0.319. The summed E-state index contributed by atoms with van der Waals surface area (Å²) in [5.74, 6) is 0. The van der Waals surface area contributed by atoms with Crippen LogP contribution in [0.15, 0.2) is 0 Å². The van der Waals surface area contributed by atoms with Gasteiger partial charge in [-0.3, -0.25) is 0 Å². The number of hydrogen-bond donors (Lipinski definition) is 0. The van der Waals surface area contributed by atoms with E-state index in [4.69, 9.17) is 14.7 Å². The quantitative estimate of drug-likeness (QED) is 0.551. The molecule has 0 amide bonds. The number of ether oxygens (including phenoxy) is 2. The molecule has 0 aromatic rings. The lowest BCUT2D eigenvalue weighted by atomic mass is 10.4. The van der Waals surface area contributed by atoms with Crippen LogP contribution in [0.2, 0.25) is 0 Å². The maximum Gasteiger partial charge on any atom is 0.170 e. The summed E-state index contributed by atoms with van der Waals surface area (Å²) < 4.78 is 10.6. The Kier molecular flexibility index (Phi) is 8.09. The van der Waals surface area contributed by atoms with Gasteiger partial charge in [-0.25, -0.2) is 0 Å². The van der Waals surface area contributed by atoms with Gasteiger partial charge in [-0.1, -0.05) is 13.8 Å². The van der Waals surface area contributed by atoms with E-state index < -0.39 is 0 Å². The van der Waals surface area contributed by atoms with Crippen LogP contribution in [0.1, 0.15) is 33.1 Å². The Hall–Kier alpha value is -0.590. The molecule has 0 saturated heterocycles. The Labute approximate surface area is 74.3 Å². The van der Waals surface area contributed by atoms with Gasteiger partial charge in [-0.05, 0) is 12.8 Å². The van der Waals surface area contributed by atoms with Gasteiger partial charge in [-0.2, -0.15) is 5.26 Å². The van der Waals surface area contributed by atoms with Crippen molar-refractivity contribution >= 4 is 0 Å². The molecule has 0 fully saturated rings. The predicted octanol–water partition coefficient (Wildman–Crippen LogP) is 2.08. The van der Waals surface area contributed by atoms with Crippen molar-refractivity contribution in [2.24, 2.45) is 0 Å². The lowest BCUT2D eigenvalue weighted by Gasteiger charge is -2.14. The van der Waals surface area contributed by atoms with Gasteiger partial charge in [0.15, 0.2) is 6.29 Å². The van der Waals surface area contributed by atoms with Crippen LogP contribution < -0.4 is 0 Å². The zero-order valence-electron chi connectivity index (χ0n) is 7.88. The fourth-order valence-electron chi connectivity index (χ4n) is 0.739. The fraction of sp³-hybridized carbons (Fsp3) is 0.889. The third-order valence-corrected chi connectivity index (χ3v) is 1.27. The molecule has 0 aliphatic rings. The minimum Gasteiger partial charge on any atom is -0.352 e. The molecule has 0 saturated carbocycles. The van der Waals surface area contributed by atoms with Gasteiger partial charge in [0.1, 0.15) is 0 Å². The monoisotopic (exact) mass is 171 g/mol. The van der Waals surface area contributed by atoms with E-state index in [-0.39, 0.29) is 6.29 Å². The molecule has 0 bridgehead atoms. The van der Waals surface area contributed by atoms with E-state index in [2.05, 4.69) is 0 Å². The van der Waals surface area contributed by atoms with Gasteiger partial charge in [0.25, 0.3) is 0 Å². The Morgan fingerprint density at radius 3 is 2.00 bits per heavy atom. The summed E-state index contributed by atoms with van der Waals surface area (Å²) in [6, 6.07) is 2.04. The molecule has 0 aliphatic heterocycles. The van der Waals surface area contributed by atoms with Crippen molar-refractivity contribution in [3.8, 4) is 6.07 Å². The van der Waals surface area contributed by atoms with E-state index in [0.29, 0.717) is 19.6 Å². The third kappa shape index (κ3) is 6.14. The summed E-state index contributed by atoms with van der Waals surface area (Å²) in [6.45, 7) is 5.39. The molecule has 0 aromatic carbocycles. The average molecular weight is 171 g/mol. The second-order valence-electron chi connectivity index (χ2n) is 2.53. The first-order valence-corrected chi connectivity index (χ1v) is 4.45. The molecule has 70 valence electrons. The van der Waals surface area contributed by atoms with Gasteiger partial charge in [0, 0.05) is 13.2 Å². The van der Waals surface area contributed by atoms with Crippen LogP contribution in [0.5, 0.6) is 0 Å². The summed E-state index contributed by atoms with van der Waals surface area (Å²) in [5, 5.41) is 8.43. The van der Waals surface area contributed by atoms with Gasteiger partial charge in [0.05, 0.1) is 12.5 Å². The standard InChI is InChI=1S/C9H17NO2/c1-3-7-11-9(5-6-10)12-8-4-2/h9H,3-5,7-8H2,1-2H3. The SMILES string of the molecule is CCCOC(CC#N)OCCC. The molecule has 0 rings (SSSR count). The molecule has 3 heteroatoms. The molecular weight excluding hydrogens is 154 g/mol. The summed E-state index contributed by atoms with van der Waals surface area (Å²) in [4.78, 5) is 0. The molecule has 0 spiro atoms. The van der Waals surface area contributed by atoms with Crippen molar-refractivity contribution in [2.75, 3.05) is 13.2 Å². The van der Waals surface area contributed by atoms with Crippen molar-refractivity contribution in [3.05, 3.63) is 0 Å². The zero-order valence-corrected chi connectivity index (χ0v) is 7.88. The summed E-state index contributed by atoms with van der Waals surface area (Å²) in [6.07, 6.45) is 1.91. The fourth-order valence-corrected chi connectivity index (χ4v) is 0.739. The third-order valence-electron chi connectivity index (χ3n) is 1.27. The van der Waals surface area contributed by atoms with Crippen molar-refractivity contribution in [1.29, 1.82) is 5.26 Å². The van der Waals surface area contributed by atoms with Crippen LogP contribution in [0.4, 0.5) is 0 Å². The number of nitriles is 1. The van der Waals surface area contributed by atoms with Crippen LogP contribution in [-0.2, 0) is 9.47 Å². The molecule has 0 radical (unpaired) electrons. The highest BCUT2D eigenvalue weighted by Gasteiger charge is 2.06. The normalized spacial score (nSPS) is 10.2. The van der Waals surface area contributed by atoms with E-state index in [1.807, 2.05) is 19.9 Å². The van der Waals surface area contributed by atoms with Crippen LogP contribution in [0, 0.1) is 11.3 Å².